The first-order valence-electron chi connectivity index (χ1n) is 7.71. The minimum Gasteiger partial charge on any atom is -0.486 e. The Morgan fingerprint density at radius 1 is 1.23 bits per heavy atom. The van der Waals surface area contributed by atoms with Gasteiger partial charge in [0.15, 0.2) is 17.5 Å². The molecule has 0 atom stereocenters. The van der Waals surface area contributed by atoms with E-state index in [1.807, 2.05) is 13.0 Å². The molecule has 0 bridgehead atoms. The third-order valence-corrected chi connectivity index (χ3v) is 3.25. The van der Waals surface area contributed by atoms with Crippen LogP contribution in [0, 0.1) is 6.92 Å². The molecule has 7 heteroatoms. The standard InChI is InChI=1S/C15H24N6O/c1-5-8-22-13-14(18-12-9-11(4)19-20-12)16-10-17-15(13)21(6-2)7-3/h9-10H,5-8H2,1-4H3,(H2,16,17,18,19,20). The molecule has 0 aliphatic heterocycles. The maximum atomic E-state index is 5.91. The van der Waals surface area contributed by atoms with E-state index in [-0.39, 0.29) is 0 Å². The first kappa shape index (κ1) is 16.1. The number of nitrogens with zero attached hydrogens (tertiary/aromatic N) is 4. The van der Waals surface area contributed by atoms with Crippen molar-refractivity contribution >= 4 is 17.5 Å². The summed E-state index contributed by atoms with van der Waals surface area (Å²) in [4.78, 5) is 10.9. The molecule has 0 aliphatic rings. The minimum atomic E-state index is 0.621. The van der Waals surface area contributed by atoms with E-state index in [0.29, 0.717) is 24.0 Å². The molecule has 2 aromatic heterocycles. The second kappa shape index (κ2) is 7.63. The van der Waals surface area contributed by atoms with Crippen LogP contribution in [-0.2, 0) is 0 Å². The van der Waals surface area contributed by atoms with Crippen molar-refractivity contribution in [3.05, 3.63) is 18.1 Å². The summed E-state index contributed by atoms with van der Waals surface area (Å²) in [5.41, 5.74) is 0.983. The number of aromatic nitrogens is 4. The topological polar surface area (TPSA) is 79.0 Å². The highest BCUT2D eigenvalue weighted by atomic mass is 16.5. The van der Waals surface area contributed by atoms with Gasteiger partial charge in [0.25, 0.3) is 0 Å². The van der Waals surface area contributed by atoms with Crippen LogP contribution in [0.3, 0.4) is 0 Å². The second-order valence-corrected chi connectivity index (χ2v) is 4.96. The Morgan fingerprint density at radius 2 is 2.00 bits per heavy atom. The van der Waals surface area contributed by atoms with Gasteiger partial charge in [0.1, 0.15) is 6.33 Å². The molecule has 22 heavy (non-hydrogen) atoms. The van der Waals surface area contributed by atoms with Crippen LogP contribution in [0.1, 0.15) is 32.9 Å². The van der Waals surface area contributed by atoms with E-state index in [4.69, 9.17) is 4.74 Å². The van der Waals surface area contributed by atoms with Crippen LogP contribution in [0.25, 0.3) is 0 Å². The molecule has 0 aliphatic carbocycles. The highest BCUT2D eigenvalue weighted by Crippen LogP contribution is 2.33. The van der Waals surface area contributed by atoms with E-state index in [1.165, 1.54) is 0 Å². The van der Waals surface area contributed by atoms with Crippen molar-refractivity contribution in [2.24, 2.45) is 0 Å². The monoisotopic (exact) mass is 304 g/mol. The molecule has 0 amide bonds. The van der Waals surface area contributed by atoms with Crippen molar-refractivity contribution < 1.29 is 4.74 Å². The van der Waals surface area contributed by atoms with Crippen molar-refractivity contribution in [3.8, 4) is 5.75 Å². The van der Waals surface area contributed by atoms with Gasteiger partial charge in [-0.05, 0) is 27.2 Å². The summed E-state index contributed by atoms with van der Waals surface area (Å²) in [7, 11) is 0. The van der Waals surface area contributed by atoms with Crippen molar-refractivity contribution in [2.75, 3.05) is 29.9 Å². The largest absolute Gasteiger partial charge is 0.486 e. The molecule has 2 heterocycles. The number of anilines is 3. The molecular formula is C15H24N6O. The number of hydrogen-bond acceptors (Lipinski definition) is 6. The summed E-state index contributed by atoms with van der Waals surface area (Å²) < 4.78 is 5.91. The quantitative estimate of drug-likeness (QED) is 0.780. The van der Waals surface area contributed by atoms with E-state index < -0.39 is 0 Å². The van der Waals surface area contributed by atoms with E-state index in [9.17, 15) is 0 Å². The van der Waals surface area contributed by atoms with Gasteiger partial charge >= 0.3 is 0 Å². The van der Waals surface area contributed by atoms with Crippen molar-refractivity contribution in [1.29, 1.82) is 0 Å². The Hall–Kier alpha value is -2.31. The fourth-order valence-electron chi connectivity index (χ4n) is 2.14. The molecule has 0 radical (unpaired) electrons. The first-order chi connectivity index (χ1) is 10.7. The number of rotatable bonds is 8. The lowest BCUT2D eigenvalue weighted by Gasteiger charge is -2.23. The first-order valence-corrected chi connectivity index (χ1v) is 7.71. The van der Waals surface area contributed by atoms with E-state index in [2.05, 4.69) is 51.2 Å². The lowest BCUT2D eigenvalue weighted by Crippen LogP contribution is -2.24. The van der Waals surface area contributed by atoms with E-state index in [1.54, 1.807) is 6.33 Å². The molecule has 0 fully saturated rings. The predicted molar refractivity (Wildman–Crippen MR) is 88.0 cm³/mol. The lowest BCUT2D eigenvalue weighted by atomic mass is 10.3. The summed E-state index contributed by atoms with van der Waals surface area (Å²) in [6.07, 6.45) is 2.47. The zero-order valence-corrected chi connectivity index (χ0v) is 13.7. The number of hydrogen-bond donors (Lipinski definition) is 2. The number of nitrogens with one attached hydrogen (secondary N) is 2. The summed E-state index contributed by atoms with van der Waals surface area (Å²) in [6.45, 7) is 10.6. The SMILES string of the molecule is CCCOc1c(Nc2cc(C)[nH]n2)ncnc1N(CC)CC. The molecular weight excluding hydrogens is 280 g/mol. The van der Waals surface area contributed by atoms with Crippen LogP contribution < -0.4 is 15.0 Å². The fourth-order valence-corrected chi connectivity index (χ4v) is 2.14. The number of ether oxygens (including phenoxy) is 1. The van der Waals surface area contributed by atoms with Crippen LogP contribution in [0.4, 0.5) is 17.5 Å². The second-order valence-electron chi connectivity index (χ2n) is 4.96. The summed E-state index contributed by atoms with van der Waals surface area (Å²) >= 11 is 0. The maximum Gasteiger partial charge on any atom is 0.204 e. The molecule has 0 unspecified atom stereocenters. The molecule has 7 nitrogen and oxygen atoms in total. The maximum absolute atomic E-state index is 5.91. The number of aromatic amines is 1. The van der Waals surface area contributed by atoms with E-state index in [0.717, 1.165) is 31.0 Å². The molecule has 2 rings (SSSR count). The Bertz CT molecular complexity index is 593. The van der Waals surface area contributed by atoms with Gasteiger partial charge in [-0.3, -0.25) is 5.10 Å². The molecule has 2 aromatic rings. The van der Waals surface area contributed by atoms with Crippen molar-refractivity contribution in [2.45, 2.75) is 34.1 Å². The average molecular weight is 304 g/mol. The zero-order valence-electron chi connectivity index (χ0n) is 13.7. The number of H-pyrrole nitrogens is 1. The van der Waals surface area contributed by atoms with Gasteiger partial charge in [0.2, 0.25) is 5.75 Å². The summed E-state index contributed by atoms with van der Waals surface area (Å²) in [5.74, 6) is 2.83. The molecule has 2 N–H and O–H groups in total. The van der Waals surface area contributed by atoms with Gasteiger partial charge in [-0.15, -0.1) is 0 Å². The fraction of sp³-hybridized carbons (Fsp3) is 0.533. The third kappa shape index (κ3) is 3.66. The van der Waals surface area contributed by atoms with E-state index >= 15 is 0 Å². The Morgan fingerprint density at radius 3 is 2.59 bits per heavy atom. The van der Waals surface area contributed by atoms with Crippen molar-refractivity contribution in [1.82, 2.24) is 20.2 Å². The smallest absolute Gasteiger partial charge is 0.204 e. The predicted octanol–water partition coefficient (Wildman–Crippen LogP) is 2.89. The Kier molecular flexibility index (Phi) is 5.57. The summed E-state index contributed by atoms with van der Waals surface area (Å²) in [6, 6.07) is 1.92. The Balaban J connectivity index is 2.36. The van der Waals surface area contributed by atoms with Crippen LogP contribution in [0.15, 0.2) is 12.4 Å². The molecule has 0 saturated carbocycles. The zero-order chi connectivity index (χ0) is 15.9. The van der Waals surface area contributed by atoms with Crippen molar-refractivity contribution in [3.63, 3.8) is 0 Å². The third-order valence-electron chi connectivity index (χ3n) is 3.25. The van der Waals surface area contributed by atoms with Gasteiger partial charge in [0.05, 0.1) is 6.61 Å². The van der Waals surface area contributed by atoms with Gasteiger partial charge in [-0.2, -0.15) is 5.10 Å². The van der Waals surface area contributed by atoms with Crippen LogP contribution in [-0.4, -0.2) is 39.9 Å². The number of aryl methyl sites for hydroxylation is 1. The molecule has 120 valence electrons. The highest BCUT2D eigenvalue weighted by Gasteiger charge is 2.17. The van der Waals surface area contributed by atoms with Gasteiger partial charge in [-0.25, -0.2) is 9.97 Å². The lowest BCUT2D eigenvalue weighted by molar-refractivity contribution is 0.317. The molecule has 0 saturated heterocycles. The minimum absolute atomic E-state index is 0.621. The molecule has 0 spiro atoms. The molecule has 0 aromatic carbocycles. The average Bonchev–Trinajstić information content (AvgIpc) is 2.93. The van der Waals surface area contributed by atoms with Gasteiger partial charge in [-0.1, -0.05) is 6.92 Å². The van der Waals surface area contributed by atoms with Gasteiger partial charge < -0.3 is 15.0 Å². The van der Waals surface area contributed by atoms with Gasteiger partial charge in [0, 0.05) is 24.8 Å². The highest BCUT2D eigenvalue weighted by molar-refractivity contribution is 5.68. The summed E-state index contributed by atoms with van der Waals surface area (Å²) in [5, 5.41) is 10.3. The normalized spacial score (nSPS) is 10.5. The van der Waals surface area contributed by atoms with Crippen LogP contribution >= 0.6 is 0 Å². The van der Waals surface area contributed by atoms with Crippen LogP contribution in [0.5, 0.6) is 5.75 Å². The van der Waals surface area contributed by atoms with Crippen LogP contribution in [0.2, 0.25) is 0 Å². The Labute approximate surface area is 131 Å².